The summed E-state index contributed by atoms with van der Waals surface area (Å²) in [6, 6.07) is 8.30. The Morgan fingerprint density at radius 2 is 2.07 bits per heavy atom. The van der Waals surface area contributed by atoms with Gasteiger partial charge in [-0.05, 0) is 62.9 Å². The number of benzene rings is 1. The number of hydrogen-bond acceptors (Lipinski definition) is 5. The van der Waals surface area contributed by atoms with Gasteiger partial charge in [0, 0.05) is 37.0 Å². The summed E-state index contributed by atoms with van der Waals surface area (Å²) in [5.74, 6) is 0.190. The van der Waals surface area contributed by atoms with Gasteiger partial charge in [-0.25, -0.2) is 13.4 Å². The number of nitrogens with zero attached hydrogens (tertiary/aromatic N) is 2. The molecule has 3 rings (SSSR count). The summed E-state index contributed by atoms with van der Waals surface area (Å²) in [6.45, 7) is 6.94. The molecule has 2 aromatic rings. The third kappa shape index (κ3) is 4.99. The van der Waals surface area contributed by atoms with Crippen molar-refractivity contribution in [2.45, 2.75) is 57.5 Å². The Balaban J connectivity index is 1.77. The van der Waals surface area contributed by atoms with Crippen molar-refractivity contribution in [2.24, 2.45) is 0 Å². The van der Waals surface area contributed by atoms with Gasteiger partial charge in [-0.1, -0.05) is 12.5 Å². The number of pyridine rings is 1. The van der Waals surface area contributed by atoms with Crippen molar-refractivity contribution in [1.82, 2.24) is 14.6 Å². The van der Waals surface area contributed by atoms with E-state index >= 15 is 0 Å². The minimum atomic E-state index is -3.63. The van der Waals surface area contributed by atoms with E-state index in [4.69, 9.17) is 4.74 Å². The maximum Gasteiger partial charge on any atom is 0.251 e. The van der Waals surface area contributed by atoms with E-state index in [-0.39, 0.29) is 16.8 Å². The van der Waals surface area contributed by atoms with Crippen LogP contribution in [-0.2, 0) is 16.6 Å². The van der Waals surface area contributed by atoms with Gasteiger partial charge >= 0.3 is 0 Å². The average Bonchev–Trinajstić information content (AvgIpc) is 2.73. The summed E-state index contributed by atoms with van der Waals surface area (Å²) >= 11 is 0. The molecule has 1 aliphatic heterocycles. The normalized spacial score (nSPS) is 17.5. The van der Waals surface area contributed by atoms with E-state index in [1.54, 1.807) is 41.7 Å². The van der Waals surface area contributed by atoms with Crippen molar-refractivity contribution in [2.75, 3.05) is 13.2 Å². The first-order chi connectivity index (χ1) is 14.3. The van der Waals surface area contributed by atoms with Crippen LogP contribution in [0.1, 0.15) is 54.6 Å². The third-order valence-corrected chi connectivity index (χ3v) is 7.36. The highest BCUT2D eigenvalue weighted by Crippen LogP contribution is 2.26. The van der Waals surface area contributed by atoms with Crippen molar-refractivity contribution < 1.29 is 17.9 Å². The second-order valence-electron chi connectivity index (χ2n) is 7.56. The number of hydrogen-bond donors (Lipinski definition) is 1. The van der Waals surface area contributed by atoms with Gasteiger partial charge in [0.2, 0.25) is 15.9 Å². The van der Waals surface area contributed by atoms with Gasteiger partial charge in [-0.15, -0.1) is 0 Å². The van der Waals surface area contributed by atoms with Crippen molar-refractivity contribution in [1.29, 1.82) is 0 Å². The van der Waals surface area contributed by atoms with Crippen LogP contribution in [0.5, 0.6) is 5.88 Å². The molecular weight excluding hydrogens is 402 g/mol. The van der Waals surface area contributed by atoms with Gasteiger partial charge in [0.15, 0.2) is 0 Å². The minimum absolute atomic E-state index is 0.0337. The first-order valence-electron chi connectivity index (χ1n) is 10.3. The van der Waals surface area contributed by atoms with Gasteiger partial charge < -0.3 is 10.1 Å². The molecule has 1 atom stereocenters. The lowest BCUT2D eigenvalue weighted by Crippen LogP contribution is -2.42. The SMILES string of the molecule is CCOc1cc(CNC(=O)c2cc(S(=O)(=O)N3CCCCC3C)ccc2C)ccn1. The Hall–Kier alpha value is -2.45. The lowest BCUT2D eigenvalue weighted by molar-refractivity contribution is 0.0950. The van der Waals surface area contributed by atoms with E-state index in [0.717, 1.165) is 30.4 Å². The summed E-state index contributed by atoms with van der Waals surface area (Å²) in [4.78, 5) is 17.1. The van der Waals surface area contributed by atoms with E-state index in [1.807, 2.05) is 13.8 Å². The molecular formula is C22H29N3O4S. The number of ether oxygens (including phenoxy) is 1. The number of amides is 1. The zero-order valence-corrected chi connectivity index (χ0v) is 18.5. The average molecular weight is 432 g/mol. The molecule has 1 saturated heterocycles. The Morgan fingerprint density at radius 3 is 2.80 bits per heavy atom. The monoisotopic (exact) mass is 431 g/mol. The summed E-state index contributed by atoms with van der Waals surface area (Å²) in [6.07, 6.45) is 4.38. The number of piperidine rings is 1. The number of aryl methyl sites for hydroxylation is 1. The maximum absolute atomic E-state index is 13.1. The van der Waals surface area contributed by atoms with Gasteiger partial charge in [0.05, 0.1) is 11.5 Å². The Labute approximate surface area is 178 Å². The molecule has 0 radical (unpaired) electrons. The van der Waals surface area contributed by atoms with Crippen LogP contribution in [-0.4, -0.2) is 42.8 Å². The van der Waals surface area contributed by atoms with Crippen LogP contribution in [0.4, 0.5) is 0 Å². The highest BCUT2D eigenvalue weighted by molar-refractivity contribution is 7.89. The van der Waals surface area contributed by atoms with Crippen molar-refractivity contribution >= 4 is 15.9 Å². The molecule has 0 aliphatic carbocycles. The molecule has 1 aromatic heterocycles. The fourth-order valence-electron chi connectivity index (χ4n) is 3.64. The van der Waals surface area contributed by atoms with Crippen molar-refractivity contribution in [3.8, 4) is 5.88 Å². The minimum Gasteiger partial charge on any atom is -0.478 e. The predicted molar refractivity (Wildman–Crippen MR) is 115 cm³/mol. The molecule has 1 unspecified atom stereocenters. The number of sulfonamides is 1. The van der Waals surface area contributed by atoms with Crippen LogP contribution in [0.25, 0.3) is 0 Å². The van der Waals surface area contributed by atoms with Crippen LogP contribution in [0.15, 0.2) is 41.4 Å². The van der Waals surface area contributed by atoms with Crippen molar-refractivity contribution in [3.05, 3.63) is 53.2 Å². The number of rotatable bonds is 7. The van der Waals surface area contributed by atoms with E-state index in [0.29, 0.717) is 31.1 Å². The molecule has 2 heterocycles. The first kappa shape index (κ1) is 22.2. The van der Waals surface area contributed by atoms with E-state index in [2.05, 4.69) is 10.3 Å². The van der Waals surface area contributed by atoms with Crippen molar-refractivity contribution in [3.63, 3.8) is 0 Å². The van der Waals surface area contributed by atoms with E-state index in [9.17, 15) is 13.2 Å². The predicted octanol–water partition coefficient (Wildman–Crippen LogP) is 3.28. The number of nitrogens with one attached hydrogen (secondary N) is 1. The second kappa shape index (κ2) is 9.57. The third-order valence-electron chi connectivity index (χ3n) is 5.35. The molecule has 0 spiro atoms. The number of carbonyl (C=O) groups is 1. The molecule has 1 amide bonds. The molecule has 162 valence electrons. The molecule has 1 N–H and O–H groups in total. The number of aromatic nitrogens is 1. The van der Waals surface area contributed by atoms with Crippen LogP contribution in [0.2, 0.25) is 0 Å². The van der Waals surface area contributed by atoms with E-state index < -0.39 is 10.0 Å². The second-order valence-corrected chi connectivity index (χ2v) is 9.45. The quantitative estimate of drug-likeness (QED) is 0.727. The van der Waals surface area contributed by atoms with Crippen LogP contribution >= 0.6 is 0 Å². The topological polar surface area (TPSA) is 88.6 Å². The Bertz CT molecular complexity index is 1010. The van der Waals surface area contributed by atoms with Gasteiger partial charge in [-0.2, -0.15) is 4.31 Å². The fraction of sp³-hybridized carbons (Fsp3) is 0.455. The summed E-state index contributed by atoms with van der Waals surface area (Å²) in [5.41, 5.74) is 1.94. The summed E-state index contributed by atoms with van der Waals surface area (Å²) in [7, 11) is -3.63. The molecule has 8 heteroatoms. The van der Waals surface area contributed by atoms with Gasteiger partial charge in [-0.3, -0.25) is 4.79 Å². The fourth-order valence-corrected chi connectivity index (χ4v) is 5.36. The van der Waals surface area contributed by atoms with Crippen LogP contribution in [0.3, 0.4) is 0 Å². The Kier molecular flexibility index (Phi) is 7.10. The van der Waals surface area contributed by atoms with Gasteiger partial charge in [0.1, 0.15) is 0 Å². The number of carbonyl (C=O) groups excluding carboxylic acids is 1. The van der Waals surface area contributed by atoms with E-state index in [1.165, 1.54) is 6.07 Å². The van der Waals surface area contributed by atoms with Gasteiger partial charge in [0.25, 0.3) is 5.91 Å². The summed E-state index contributed by atoms with van der Waals surface area (Å²) in [5, 5.41) is 2.86. The smallest absolute Gasteiger partial charge is 0.251 e. The molecule has 1 aliphatic rings. The van der Waals surface area contributed by atoms with Crippen LogP contribution in [0, 0.1) is 6.92 Å². The molecule has 1 fully saturated rings. The first-order valence-corrected chi connectivity index (χ1v) is 11.8. The molecule has 0 saturated carbocycles. The zero-order valence-electron chi connectivity index (χ0n) is 17.7. The lowest BCUT2D eigenvalue weighted by atomic mass is 10.1. The molecule has 0 bridgehead atoms. The van der Waals surface area contributed by atoms with Crippen LogP contribution < -0.4 is 10.1 Å². The molecule has 30 heavy (non-hydrogen) atoms. The molecule has 1 aromatic carbocycles. The Morgan fingerprint density at radius 1 is 1.27 bits per heavy atom. The zero-order chi connectivity index (χ0) is 21.7. The molecule has 7 nitrogen and oxygen atoms in total. The largest absolute Gasteiger partial charge is 0.478 e. The summed E-state index contributed by atoms with van der Waals surface area (Å²) < 4.78 is 33.2. The highest BCUT2D eigenvalue weighted by atomic mass is 32.2. The lowest BCUT2D eigenvalue weighted by Gasteiger charge is -2.32. The maximum atomic E-state index is 13.1. The standard InChI is InChI=1S/C22H29N3O4S/c1-4-29-21-13-18(10-11-23-21)15-24-22(26)20-14-19(9-8-16(20)2)30(27,28)25-12-6-5-7-17(25)3/h8-11,13-14,17H,4-7,12,15H2,1-3H3,(H,24,26). The highest BCUT2D eigenvalue weighted by Gasteiger charge is 2.31.